The Morgan fingerprint density at radius 3 is 2.67 bits per heavy atom. The fourth-order valence-corrected chi connectivity index (χ4v) is 1.97. The molecule has 2 aromatic rings. The van der Waals surface area contributed by atoms with Crippen LogP contribution in [0, 0.1) is 5.82 Å². The molecule has 96 valence electrons. The molecule has 1 heterocycles. The summed E-state index contributed by atoms with van der Waals surface area (Å²) in [5.74, 6) is 0.711. The standard InChI is InChI=1S/C14H17FN2O/c1-4-9-6-10-7-13(18-5-2)11(15)8-12(10)17-14(9)16-3/h6-8H,4-5H2,1-3H3,(H,16,17). The average Bonchev–Trinajstić information content (AvgIpc) is 2.38. The number of nitrogens with zero attached hydrogens (tertiary/aromatic N) is 1. The van der Waals surface area contributed by atoms with Crippen LogP contribution in [0.25, 0.3) is 10.9 Å². The summed E-state index contributed by atoms with van der Waals surface area (Å²) in [4.78, 5) is 4.42. The van der Waals surface area contributed by atoms with Crippen molar-refractivity contribution in [2.45, 2.75) is 20.3 Å². The molecule has 0 saturated heterocycles. The molecule has 3 nitrogen and oxygen atoms in total. The van der Waals surface area contributed by atoms with E-state index in [0.29, 0.717) is 12.1 Å². The first-order valence-corrected chi connectivity index (χ1v) is 6.13. The molecule has 1 aromatic carbocycles. The summed E-state index contributed by atoms with van der Waals surface area (Å²) < 4.78 is 19.0. The minimum absolute atomic E-state index is 0.283. The summed E-state index contributed by atoms with van der Waals surface area (Å²) in [6, 6.07) is 5.15. The van der Waals surface area contributed by atoms with Crippen molar-refractivity contribution in [3.05, 3.63) is 29.6 Å². The highest BCUT2D eigenvalue weighted by molar-refractivity contribution is 5.83. The van der Waals surface area contributed by atoms with Crippen molar-refractivity contribution in [3.63, 3.8) is 0 Å². The summed E-state index contributed by atoms with van der Waals surface area (Å²) in [5, 5.41) is 3.93. The van der Waals surface area contributed by atoms with Gasteiger partial charge in [0, 0.05) is 18.5 Å². The third-order valence-electron chi connectivity index (χ3n) is 2.86. The molecule has 1 aromatic heterocycles. The molecule has 0 spiro atoms. The van der Waals surface area contributed by atoms with Crippen LogP contribution in [0.4, 0.5) is 10.2 Å². The van der Waals surface area contributed by atoms with Crippen LogP contribution in [0.15, 0.2) is 18.2 Å². The topological polar surface area (TPSA) is 34.1 Å². The third-order valence-corrected chi connectivity index (χ3v) is 2.86. The van der Waals surface area contributed by atoms with E-state index in [4.69, 9.17) is 4.74 Å². The largest absolute Gasteiger partial charge is 0.491 e. The van der Waals surface area contributed by atoms with Crippen LogP contribution in [-0.2, 0) is 6.42 Å². The van der Waals surface area contributed by atoms with E-state index in [-0.39, 0.29) is 11.6 Å². The quantitative estimate of drug-likeness (QED) is 0.900. The van der Waals surface area contributed by atoms with Crippen LogP contribution in [0.2, 0.25) is 0 Å². The minimum atomic E-state index is -0.372. The molecule has 0 fully saturated rings. The number of anilines is 1. The van der Waals surface area contributed by atoms with Crippen molar-refractivity contribution in [1.82, 2.24) is 4.98 Å². The number of rotatable bonds is 4. The fraction of sp³-hybridized carbons (Fsp3) is 0.357. The van der Waals surface area contributed by atoms with E-state index in [1.165, 1.54) is 6.07 Å². The average molecular weight is 248 g/mol. The normalized spacial score (nSPS) is 10.7. The van der Waals surface area contributed by atoms with Gasteiger partial charge in [-0.3, -0.25) is 0 Å². The van der Waals surface area contributed by atoms with Gasteiger partial charge in [-0.2, -0.15) is 0 Å². The van der Waals surface area contributed by atoms with Crippen molar-refractivity contribution < 1.29 is 9.13 Å². The van der Waals surface area contributed by atoms with E-state index in [1.54, 1.807) is 6.07 Å². The van der Waals surface area contributed by atoms with Crippen molar-refractivity contribution in [2.75, 3.05) is 19.0 Å². The minimum Gasteiger partial charge on any atom is -0.491 e. The van der Waals surface area contributed by atoms with Crippen LogP contribution in [-0.4, -0.2) is 18.6 Å². The first-order chi connectivity index (χ1) is 8.69. The molecule has 0 aliphatic carbocycles. The Kier molecular flexibility index (Phi) is 3.65. The lowest BCUT2D eigenvalue weighted by atomic mass is 10.1. The SMILES string of the molecule is CCOc1cc2cc(CC)c(NC)nc2cc1F. The lowest BCUT2D eigenvalue weighted by Gasteiger charge is -2.10. The Hall–Kier alpha value is -1.84. The molecule has 0 amide bonds. The number of hydrogen-bond donors (Lipinski definition) is 1. The maximum atomic E-state index is 13.7. The van der Waals surface area contributed by atoms with Gasteiger partial charge in [0.2, 0.25) is 0 Å². The van der Waals surface area contributed by atoms with Crippen molar-refractivity contribution in [3.8, 4) is 5.75 Å². The molecule has 0 aliphatic heterocycles. The predicted molar refractivity (Wildman–Crippen MR) is 71.8 cm³/mol. The number of aryl methyl sites for hydroxylation is 1. The van der Waals surface area contributed by atoms with Crippen molar-refractivity contribution in [2.24, 2.45) is 0 Å². The summed E-state index contributed by atoms with van der Waals surface area (Å²) >= 11 is 0. The Balaban J connectivity index is 2.62. The number of nitrogens with one attached hydrogen (secondary N) is 1. The zero-order chi connectivity index (χ0) is 13.1. The van der Waals surface area contributed by atoms with Crippen LogP contribution < -0.4 is 10.1 Å². The zero-order valence-electron chi connectivity index (χ0n) is 10.9. The lowest BCUT2D eigenvalue weighted by Crippen LogP contribution is -2.00. The molecule has 0 unspecified atom stereocenters. The van der Waals surface area contributed by atoms with Gasteiger partial charge in [0.05, 0.1) is 12.1 Å². The van der Waals surface area contributed by atoms with Crippen LogP contribution in [0.3, 0.4) is 0 Å². The molecular formula is C14H17FN2O. The van der Waals surface area contributed by atoms with Gasteiger partial charge in [-0.05, 0) is 31.0 Å². The van der Waals surface area contributed by atoms with Gasteiger partial charge in [0.1, 0.15) is 5.82 Å². The Morgan fingerprint density at radius 2 is 2.06 bits per heavy atom. The fourth-order valence-electron chi connectivity index (χ4n) is 1.97. The van der Waals surface area contributed by atoms with Gasteiger partial charge in [0.15, 0.2) is 11.6 Å². The van der Waals surface area contributed by atoms with Crippen molar-refractivity contribution >= 4 is 16.7 Å². The Morgan fingerprint density at radius 1 is 1.28 bits per heavy atom. The monoisotopic (exact) mass is 248 g/mol. The molecule has 0 aliphatic rings. The van der Waals surface area contributed by atoms with Crippen LogP contribution in [0.5, 0.6) is 5.75 Å². The van der Waals surface area contributed by atoms with Gasteiger partial charge < -0.3 is 10.1 Å². The summed E-state index contributed by atoms with van der Waals surface area (Å²) in [5.41, 5.74) is 1.75. The highest BCUT2D eigenvalue weighted by atomic mass is 19.1. The molecule has 0 atom stereocenters. The van der Waals surface area contributed by atoms with E-state index >= 15 is 0 Å². The molecule has 0 radical (unpaired) electrons. The van der Waals surface area contributed by atoms with Crippen molar-refractivity contribution in [1.29, 1.82) is 0 Å². The lowest BCUT2D eigenvalue weighted by molar-refractivity contribution is 0.322. The number of fused-ring (bicyclic) bond motifs is 1. The van der Waals surface area contributed by atoms with E-state index < -0.39 is 0 Å². The third kappa shape index (κ3) is 2.23. The van der Waals surface area contributed by atoms with Gasteiger partial charge in [-0.1, -0.05) is 6.92 Å². The van der Waals surface area contributed by atoms with Gasteiger partial charge in [-0.15, -0.1) is 0 Å². The number of ether oxygens (including phenoxy) is 1. The molecule has 0 saturated carbocycles. The van der Waals surface area contributed by atoms with Gasteiger partial charge in [-0.25, -0.2) is 9.37 Å². The first-order valence-electron chi connectivity index (χ1n) is 6.13. The second-order valence-electron chi connectivity index (χ2n) is 4.01. The molecule has 1 N–H and O–H groups in total. The first kappa shape index (κ1) is 12.6. The van der Waals surface area contributed by atoms with E-state index in [0.717, 1.165) is 23.2 Å². The summed E-state index contributed by atoms with van der Waals surface area (Å²) in [7, 11) is 1.82. The second-order valence-corrected chi connectivity index (χ2v) is 4.01. The van der Waals surface area contributed by atoms with Gasteiger partial charge >= 0.3 is 0 Å². The smallest absolute Gasteiger partial charge is 0.167 e. The van der Waals surface area contributed by atoms with E-state index in [9.17, 15) is 4.39 Å². The number of hydrogen-bond acceptors (Lipinski definition) is 3. The predicted octanol–water partition coefficient (Wildman–Crippen LogP) is 3.38. The van der Waals surface area contributed by atoms with Gasteiger partial charge in [0.25, 0.3) is 0 Å². The van der Waals surface area contributed by atoms with Crippen LogP contribution in [0.1, 0.15) is 19.4 Å². The van der Waals surface area contributed by atoms with Crippen LogP contribution >= 0.6 is 0 Å². The Bertz CT molecular complexity index is 569. The highest BCUT2D eigenvalue weighted by Gasteiger charge is 2.09. The molecular weight excluding hydrogens is 231 g/mol. The molecule has 0 bridgehead atoms. The molecule has 4 heteroatoms. The molecule has 2 rings (SSSR count). The maximum Gasteiger partial charge on any atom is 0.167 e. The summed E-state index contributed by atoms with van der Waals surface area (Å²) in [6.45, 7) is 4.35. The van der Waals surface area contributed by atoms with E-state index in [1.807, 2.05) is 20.0 Å². The number of pyridine rings is 1. The van der Waals surface area contributed by atoms with E-state index in [2.05, 4.69) is 17.2 Å². The number of halogens is 1. The second kappa shape index (κ2) is 5.21. The summed E-state index contributed by atoms with van der Waals surface area (Å²) in [6.07, 6.45) is 0.875. The zero-order valence-corrected chi connectivity index (χ0v) is 10.9. The Labute approximate surface area is 106 Å². The maximum absolute atomic E-state index is 13.7. The highest BCUT2D eigenvalue weighted by Crippen LogP contribution is 2.27. The number of aromatic nitrogens is 1. The number of benzene rings is 1. The molecule has 18 heavy (non-hydrogen) atoms.